The molecule has 2 aromatic heterocycles. The van der Waals surface area contributed by atoms with E-state index in [1.165, 1.54) is 0 Å². The lowest BCUT2D eigenvalue weighted by Gasteiger charge is -2.35. The van der Waals surface area contributed by atoms with Gasteiger partial charge >= 0.3 is 0 Å². The average Bonchev–Trinajstić information content (AvgIpc) is 3.34. The number of primary amides is 1. The van der Waals surface area contributed by atoms with Gasteiger partial charge in [0.1, 0.15) is 24.1 Å². The number of ether oxygens (including phenoxy) is 1. The van der Waals surface area contributed by atoms with Crippen LogP contribution in [0.3, 0.4) is 0 Å². The van der Waals surface area contributed by atoms with Crippen LogP contribution in [0.25, 0.3) is 5.82 Å². The lowest BCUT2D eigenvalue weighted by atomic mass is 9.90. The Hall–Kier alpha value is -2.41. The van der Waals surface area contributed by atoms with Crippen LogP contribution in [-0.2, 0) is 9.53 Å². The van der Waals surface area contributed by atoms with Crippen molar-refractivity contribution >= 4 is 11.7 Å². The average molecular weight is 341 g/mol. The summed E-state index contributed by atoms with van der Waals surface area (Å²) in [6.07, 6.45) is 8.97. The largest absolute Gasteiger partial charge is 0.367 e. The molecule has 132 valence electrons. The second-order valence-electron chi connectivity index (χ2n) is 6.79. The molecule has 0 aliphatic carbocycles. The molecule has 7 heteroatoms. The van der Waals surface area contributed by atoms with E-state index in [1.807, 2.05) is 22.9 Å². The topological polar surface area (TPSA) is 86.3 Å². The van der Waals surface area contributed by atoms with Crippen LogP contribution in [0.5, 0.6) is 0 Å². The Labute approximate surface area is 146 Å². The fourth-order valence-corrected chi connectivity index (χ4v) is 3.85. The molecule has 7 nitrogen and oxygen atoms in total. The van der Waals surface area contributed by atoms with Gasteiger partial charge in [-0.15, -0.1) is 0 Å². The van der Waals surface area contributed by atoms with Gasteiger partial charge in [-0.05, 0) is 43.7 Å². The Kier molecular flexibility index (Phi) is 4.40. The lowest BCUT2D eigenvalue weighted by molar-refractivity contribution is -0.130. The summed E-state index contributed by atoms with van der Waals surface area (Å²) < 4.78 is 7.76. The molecule has 2 atom stereocenters. The minimum absolute atomic E-state index is 0.171. The highest BCUT2D eigenvalue weighted by Gasteiger charge is 2.35. The number of imidazole rings is 1. The Morgan fingerprint density at radius 3 is 2.64 bits per heavy atom. The summed E-state index contributed by atoms with van der Waals surface area (Å²) in [6.45, 7) is 1.90. The van der Waals surface area contributed by atoms with E-state index in [1.54, 1.807) is 12.5 Å². The molecular formula is C18H23N5O2. The van der Waals surface area contributed by atoms with E-state index < -0.39 is 6.10 Å². The van der Waals surface area contributed by atoms with Gasteiger partial charge in [0.15, 0.2) is 0 Å². The van der Waals surface area contributed by atoms with Gasteiger partial charge in [0.05, 0.1) is 6.10 Å². The molecule has 2 aliphatic heterocycles. The summed E-state index contributed by atoms with van der Waals surface area (Å²) in [7, 11) is 0. The van der Waals surface area contributed by atoms with Gasteiger partial charge < -0.3 is 15.4 Å². The van der Waals surface area contributed by atoms with Crippen LogP contribution in [0, 0.1) is 5.92 Å². The van der Waals surface area contributed by atoms with E-state index in [0.717, 1.165) is 50.4 Å². The first-order chi connectivity index (χ1) is 12.2. The van der Waals surface area contributed by atoms with E-state index in [9.17, 15) is 4.79 Å². The third-order valence-electron chi connectivity index (χ3n) is 5.25. The van der Waals surface area contributed by atoms with Crippen molar-refractivity contribution < 1.29 is 9.53 Å². The van der Waals surface area contributed by atoms with Gasteiger partial charge in [-0.3, -0.25) is 9.36 Å². The second kappa shape index (κ2) is 6.84. The fraction of sp³-hybridized carbons (Fsp3) is 0.500. The maximum Gasteiger partial charge on any atom is 0.246 e. The van der Waals surface area contributed by atoms with Crippen LogP contribution >= 0.6 is 0 Å². The van der Waals surface area contributed by atoms with Crippen LogP contribution in [0.1, 0.15) is 25.7 Å². The smallest absolute Gasteiger partial charge is 0.246 e. The zero-order chi connectivity index (χ0) is 17.2. The summed E-state index contributed by atoms with van der Waals surface area (Å²) in [5.41, 5.74) is 5.36. The monoisotopic (exact) mass is 341 g/mol. The molecule has 25 heavy (non-hydrogen) atoms. The van der Waals surface area contributed by atoms with Crippen molar-refractivity contribution in [2.75, 3.05) is 18.0 Å². The number of hydrogen-bond donors (Lipinski definition) is 1. The van der Waals surface area contributed by atoms with Crippen molar-refractivity contribution in [1.82, 2.24) is 14.5 Å². The van der Waals surface area contributed by atoms with Crippen LogP contribution in [0.2, 0.25) is 0 Å². The molecule has 0 radical (unpaired) electrons. The molecule has 0 saturated carbocycles. The number of carbonyl (C=O) groups excluding carboxylic acids is 1. The Balaban J connectivity index is 1.38. The first-order valence-electron chi connectivity index (χ1n) is 8.86. The highest BCUT2D eigenvalue weighted by molar-refractivity contribution is 5.79. The van der Waals surface area contributed by atoms with Gasteiger partial charge in [0.2, 0.25) is 5.91 Å². The molecule has 1 amide bonds. The number of pyridine rings is 1. The molecule has 2 saturated heterocycles. The van der Waals surface area contributed by atoms with Gasteiger partial charge in [0.25, 0.3) is 0 Å². The summed E-state index contributed by atoms with van der Waals surface area (Å²) >= 11 is 0. The number of nitrogens with two attached hydrogens (primary N) is 1. The first kappa shape index (κ1) is 16.1. The molecule has 2 fully saturated rings. The predicted octanol–water partition coefficient (Wildman–Crippen LogP) is 1.52. The van der Waals surface area contributed by atoms with E-state index >= 15 is 0 Å². The molecule has 0 unspecified atom stereocenters. The minimum Gasteiger partial charge on any atom is -0.367 e. The first-order valence-corrected chi connectivity index (χ1v) is 8.86. The molecule has 0 aromatic carbocycles. The zero-order valence-corrected chi connectivity index (χ0v) is 14.1. The fourth-order valence-electron chi connectivity index (χ4n) is 3.85. The molecule has 0 bridgehead atoms. The minimum atomic E-state index is -0.392. The highest BCUT2D eigenvalue weighted by Crippen LogP contribution is 2.32. The summed E-state index contributed by atoms with van der Waals surface area (Å²) in [6, 6.07) is 6.06. The number of anilines is 1. The van der Waals surface area contributed by atoms with Gasteiger partial charge in [-0.25, -0.2) is 9.97 Å². The lowest BCUT2D eigenvalue weighted by Crippen LogP contribution is -2.39. The summed E-state index contributed by atoms with van der Waals surface area (Å²) in [5.74, 6) is 2.03. The van der Waals surface area contributed by atoms with Crippen molar-refractivity contribution in [2.24, 2.45) is 11.7 Å². The Morgan fingerprint density at radius 1 is 1.16 bits per heavy atom. The highest BCUT2D eigenvalue weighted by atomic mass is 16.5. The number of nitrogens with zero attached hydrogens (tertiary/aromatic N) is 4. The predicted molar refractivity (Wildman–Crippen MR) is 93.4 cm³/mol. The number of carbonyl (C=O) groups is 1. The number of amides is 1. The molecule has 2 aliphatic rings. The molecule has 4 heterocycles. The van der Waals surface area contributed by atoms with Crippen LogP contribution in [-0.4, -0.2) is 45.7 Å². The van der Waals surface area contributed by atoms with Crippen molar-refractivity contribution in [3.05, 3.63) is 36.9 Å². The van der Waals surface area contributed by atoms with Crippen LogP contribution in [0.4, 0.5) is 5.82 Å². The van der Waals surface area contributed by atoms with Gasteiger partial charge in [-0.1, -0.05) is 6.07 Å². The van der Waals surface area contributed by atoms with Crippen molar-refractivity contribution in [2.45, 2.75) is 37.9 Å². The quantitative estimate of drug-likeness (QED) is 0.911. The molecule has 0 spiro atoms. The number of piperidine rings is 1. The third-order valence-corrected chi connectivity index (χ3v) is 5.25. The zero-order valence-electron chi connectivity index (χ0n) is 14.1. The van der Waals surface area contributed by atoms with Crippen molar-refractivity contribution in [3.63, 3.8) is 0 Å². The van der Waals surface area contributed by atoms with E-state index in [2.05, 4.69) is 16.0 Å². The molecule has 2 aromatic rings. The standard InChI is InChI=1S/C18H23N5O2/c19-18(24)15-5-4-14(25-15)13-6-9-22(10-7-13)16-2-1-3-17(21-16)23-11-8-20-12-23/h1-3,8,11-15H,4-7,9-10H2,(H2,19,24)/t14-,15+/m0/s1. The number of rotatable bonds is 4. The maximum absolute atomic E-state index is 11.3. The SMILES string of the molecule is NC(=O)[C@H]1CC[C@@H](C2CCN(c3cccc(-n4ccnc4)n3)CC2)O1. The van der Waals surface area contributed by atoms with Crippen LogP contribution in [0.15, 0.2) is 36.9 Å². The Morgan fingerprint density at radius 2 is 1.96 bits per heavy atom. The van der Waals surface area contributed by atoms with E-state index in [-0.39, 0.29) is 12.0 Å². The number of hydrogen-bond acceptors (Lipinski definition) is 5. The maximum atomic E-state index is 11.3. The normalized spacial score (nSPS) is 24.6. The van der Waals surface area contributed by atoms with Crippen molar-refractivity contribution in [3.8, 4) is 5.82 Å². The van der Waals surface area contributed by atoms with Crippen molar-refractivity contribution in [1.29, 1.82) is 0 Å². The van der Waals surface area contributed by atoms with E-state index in [4.69, 9.17) is 15.5 Å². The molecular weight excluding hydrogens is 318 g/mol. The van der Waals surface area contributed by atoms with Gasteiger partial charge in [-0.2, -0.15) is 0 Å². The third kappa shape index (κ3) is 3.37. The van der Waals surface area contributed by atoms with Gasteiger partial charge in [0, 0.05) is 25.5 Å². The molecule has 2 N–H and O–H groups in total. The number of aromatic nitrogens is 3. The molecule has 4 rings (SSSR count). The summed E-state index contributed by atoms with van der Waals surface area (Å²) in [5, 5.41) is 0. The second-order valence-corrected chi connectivity index (χ2v) is 6.79. The van der Waals surface area contributed by atoms with Crippen LogP contribution < -0.4 is 10.6 Å². The Bertz CT molecular complexity index is 725. The van der Waals surface area contributed by atoms with E-state index in [0.29, 0.717) is 5.92 Å². The summed E-state index contributed by atoms with van der Waals surface area (Å²) in [4.78, 5) is 22.4.